The lowest BCUT2D eigenvalue weighted by atomic mass is 9.86. The van der Waals surface area contributed by atoms with Gasteiger partial charge in [0.1, 0.15) is 25.0 Å². The van der Waals surface area contributed by atoms with Crippen LogP contribution in [0.2, 0.25) is 0 Å². The minimum absolute atomic E-state index is 0.0195. The molecule has 0 saturated heterocycles. The number of nitrogens with two attached hydrogens (primary N) is 1. The maximum absolute atomic E-state index is 14.3. The van der Waals surface area contributed by atoms with Crippen LogP contribution in [-0.2, 0) is 105 Å². The third-order valence-corrected chi connectivity index (χ3v) is 12.8. The molecule has 1 aliphatic rings. The van der Waals surface area contributed by atoms with Crippen LogP contribution >= 0.6 is 0 Å². The van der Waals surface area contributed by atoms with Gasteiger partial charge in [0.05, 0.1) is 150 Å². The van der Waals surface area contributed by atoms with Crippen LogP contribution in [0.4, 0.5) is 4.79 Å². The standard InChI is InChI=1S/C61H94N4O20/c1-46(2)51(58(70)64-52(8-7-19-63-60(62)72)54(66)43-48-9-11-49(12-10-48)45-85-59(71)61(3,4)5)44-55(67)53(65-56(68)17-18-57(65)69)42-47-13-15-50(16-14-47)84-41-40-83-39-38-82-37-36-81-35-34-80-33-32-79-31-30-78-29-28-77-27-26-76-25-24-75-23-22-74-21-20-73-6/h9-18,46,51-53H,7-8,19-45H2,1-6H3,(H,64,70)(H3,62,63,72)/t51-,52-,53-/m0/s1. The molecule has 0 spiro atoms. The number of ether oxygens (including phenoxy) is 13. The average molecular weight is 1200 g/mol. The first-order valence-corrected chi connectivity index (χ1v) is 29.2. The number of nitrogens with zero attached hydrogens (tertiary/aromatic N) is 1. The Kier molecular flexibility index (Phi) is 38.6. The summed E-state index contributed by atoms with van der Waals surface area (Å²) in [7, 11) is 1.63. The van der Waals surface area contributed by atoms with E-state index >= 15 is 0 Å². The molecule has 85 heavy (non-hydrogen) atoms. The molecule has 24 nitrogen and oxygen atoms in total. The number of carbonyl (C=O) groups is 7. The molecule has 0 radical (unpaired) electrons. The number of ketones is 2. The number of urea groups is 1. The number of methoxy groups -OCH3 is 1. The number of benzene rings is 2. The van der Waals surface area contributed by atoms with E-state index in [-0.39, 0.29) is 57.2 Å². The number of nitrogens with one attached hydrogen (secondary N) is 2. The highest BCUT2D eigenvalue weighted by molar-refractivity contribution is 6.15. The Hall–Kier alpha value is -5.77. The third-order valence-electron chi connectivity index (χ3n) is 12.8. The van der Waals surface area contributed by atoms with Crippen LogP contribution in [0, 0.1) is 17.3 Å². The molecule has 3 rings (SSSR count). The van der Waals surface area contributed by atoms with Crippen LogP contribution in [0.1, 0.15) is 70.6 Å². The first-order chi connectivity index (χ1) is 41.0. The summed E-state index contributed by atoms with van der Waals surface area (Å²) < 4.78 is 71.1. The molecule has 1 heterocycles. The molecule has 478 valence electrons. The molecule has 0 aromatic heterocycles. The van der Waals surface area contributed by atoms with Gasteiger partial charge in [-0.1, -0.05) is 50.2 Å². The fraction of sp³-hybridized carbons (Fsp3) is 0.656. The lowest BCUT2D eigenvalue weighted by Gasteiger charge is -2.29. The number of rotatable bonds is 52. The molecule has 2 aromatic rings. The smallest absolute Gasteiger partial charge is 0.312 e. The summed E-state index contributed by atoms with van der Waals surface area (Å²) in [6, 6.07) is 11.0. The van der Waals surface area contributed by atoms with Gasteiger partial charge in [0, 0.05) is 51.0 Å². The van der Waals surface area contributed by atoms with Gasteiger partial charge in [-0.2, -0.15) is 0 Å². The van der Waals surface area contributed by atoms with Gasteiger partial charge in [0.2, 0.25) is 5.91 Å². The summed E-state index contributed by atoms with van der Waals surface area (Å²) >= 11 is 0. The Labute approximate surface area is 500 Å². The molecule has 5 amide bonds. The van der Waals surface area contributed by atoms with Crippen molar-refractivity contribution in [1.29, 1.82) is 0 Å². The lowest BCUT2D eigenvalue weighted by molar-refractivity contribution is -0.154. The van der Waals surface area contributed by atoms with Gasteiger partial charge in [-0.15, -0.1) is 0 Å². The third kappa shape index (κ3) is 33.7. The summed E-state index contributed by atoms with van der Waals surface area (Å²) in [5.41, 5.74) is 6.62. The predicted octanol–water partition coefficient (Wildman–Crippen LogP) is 3.78. The maximum Gasteiger partial charge on any atom is 0.312 e. The first-order valence-electron chi connectivity index (χ1n) is 29.2. The van der Waals surface area contributed by atoms with Crippen molar-refractivity contribution in [2.75, 3.05) is 159 Å². The van der Waals surface area contributed by atoms with Crippen molar-refractivity contribution >= 4 is 41.3 Å². The van der Waals surface area contributed by atoms with Crippen molar-refractivity contribution in [2.45, 2.75) is 85.4 Å². The van der Waals surface area contributed by atoms with E-state index < -0.39 is 58.9 Å². The molecule has 24 heteroatoms. The molecule has 0 fully saturated rings. The molecule has 0 aliphatic carbocycles. The van der Waals surface area contributed by atoms with E-state index in [9.17, 15) is 33.6 Å². The highest BCUT2D eigenvalue weighted by Crippen LogP contribution is 2.24. The molecule has 0 unspecified atom stereocenters. The second-order valence-electron chi connectivity index (χ2n) is 21.0. The molecule has 4 N–H and O–H groups in total. The van der Waals surface area contributed by atoms with Crippen molar-refractivity contribution in [3.8, 4) is 5.75 Å². The molecule has 1 aliphatic heterocycles. The number of hydrogen-bond acceptors (Lipinski definition) is 20. The zero-order valence-corrected chi connectivity index (χ0v) is 50.8. The largest absolute Gasteiger partial charge is 0.491 e. The van der Waals surface area contributed by atoms with E-state index in [4.69, 9.17) is 67.3 Å². The monoisotopic (exact) mass is 1200 g/mol. The molecule has 0 bridgehead atoms. The van der Waals surface area contributed by atoms with Crippen molar-refractivity contribution < 1.29 is 95.1 Å². The second kappa shape index (κ2) is 44.6. The van der Waals surface area contributed by atoms with Crippen LogP contribution < -0.4 is 21.1 Å². The van der Waals surface area contributed by atoms with Crippen LogP contribution in [0.3, 0.4) is 0 Å². The second-order valence-corrected chi connectivity index (χ2v) is 21.0. The SMILES string of the molecule is COCCOCCOCCOCCOCCOCCOCCOCCOCCOCCOCCOc1ccc(C[C@@H](C(=O)C[C@H](C(=O)N[C@@H](CCCNC(N)=O)C(=O)Cc2ccc(COC(=O)C(C)(C)C)cc2)C(C)C)N2C(=O)C=CC2=O)cc1. The van der Waals surface area contributed by atoms with Gasteiger partial charge >= 0.3 is 12.0 Å². The van der Waals surface area contributed by atoms with Gasteiger partial charge in [-0.05, 0) is 68.4 Å². The number of esters is 1. The van der Waals surface area contributed by atoms with Gasteiger partial charge in [0.25, 0.3) is 11.8 Å². The van der Waals surface area contributed by atoms with Crippen LogP contribution in [0.15, 0.2) is 60.7 Å². The van der Waals surface area contributed by atoms with Crippen molar-refractivity contribution in [3.63, 3.8) is 0 Å². The average Bonchev–Trinajstić information content (AvgIpc) is 4.09. The van der Waals surface area contributed by atoms with E-state index in [1.807, 2.05) is 0 Å². The van der Waals surface area contributed by atoms with Crippen LogP contribution in [0.25, 0.3) is 0 Å². The summed E-state index contributed by atoms with van der Waals surface area (Å²) in [4.78, 5) is 92.8. The molecular formula is C61H94N4O20. The van der Waals surface area contributed by atoms with Crippen molar-refractivity contribution in [2.24, 2.45) is 23.0 Å². The maximum atomic E-state index is 14.3. The highest BCUT2D eigenvalue weighted by Gasteiger charge is 2.39. The lowest BCUT2D eigenvalue weighted by Crippen LogP contribution is -2.49. The van der Waals surface area contributed by atoms with E-state index in [0.29, 0.717) is 162 Å². The van der Waals surface area contributed by atoms with E-state index in [0.717, 1.165) is 22.6 Å². The normalized spacial score (nSPS) is 13.5. The Bertz CT molecular complexity index is 2220. The zero-order valence-electron chi connectivity index (χ0n) is 50.8. The summed E-state index contributed by atoms with van der Waals surface area (Å²) in [6.45, 7) is 18.9. The Morgan fingerprint density at radius 1 is 0.553 bits per heavy atom. The van der Waals surface area contributed by atoms with Gasteiger partial charge < -0.3 is 77.9 Å². The first kappa shape index (κ1) is 73.5. The Morgan fingerprint density at radius 2 is 0.965 bits per heavy atom. The van der Waals surface area contributed by atoms with E-state index in [2.05, 4.69) is 10.6 Å². The fourth-order valence-electron chi connectivity index (χ4n) is 7.99. The number of primary amides is 1. The highest BCUT2D eigenvalue weighted by atomic mass is 16.6. The van der Waals surface area contributed by atoms with E-state index in [1.54, 1.807) is 90.3 Å². The van der Waals surface area contributed by atoms with Crippen molar-refractivity contribution in [3.05, 3.63) is 77.4 Å². The Balaban J connectivity index is 1.30. The van der Waals surface area contributed by atoms with Crippen LogP contribution in [0.5, 0.6) is 5.75 Å². The minimum atomic E-state index is -1.23. The summed E-state index contributed by atoms with van der Waals surface area (Å²) in [6.07, 6.45) is 2.29. The van der Waals surface area contributed by atoms with E-state index in [1.165, 1.54) is 0 Å². The summed E-state index contributed by atoms with van der Waals surface area (Å²) in [5.74, 6) is -3.80. The predicted molar refractivity (Wildman–Crippen MR) is 312 cm³/mol. The van der Waals surface area contributed by atoms with Gasteiger partial charge in [-0.25, -0.2) is 4.79 Å². The molecule has 2 aromatic carbocycles. The molecule has 0 saturated carbocycles. The number of Topliss-reactive ketones (excluding diaryl/α,β-unsaturated/α-hetero) is 2. The Morgan fingerprint density at radius 3 is 1.38 bits per heavy atom. The summed E-state index contributed by atoms with van der Waals surface area (Å²) in [5, 5.41) is 5.36. The molecule has 3 atom stereocenters. The minimum Gasteiger partial charge on any atom is -0.491 e. The quantitative estimate of drug-likeness (QED) is 0.0482. The zero-order chi connectivity index (χ0) is 61.9. The number of amides is 5. The van der Waals surface area contributed by atoms with Gasteiger partial charge in [0.15, 0.2) is 11.6 Å². The number of imide groups is 1. The number of carbonyl (C=O) groups excluding carboxylic acids is 7. The van der Waals surface area contributed by atoms with Crippen LogP contribution in [-0.4, -0.2) is 217 Å². The molecular weight excluding hydrogens is 1110 g/mol. The number of hydrogen-bond donors (Lipinski definition) is 3. The fourth-order valence-corrected chi connectivity index (χ4v) is 7.99. The van der Waals surface area contributed by atoms with Gasteiger partial charge in [-0.3, -0.25) is 33.7 Å². The topological polar surface area (TPSA) is 293 Å². The van der Waals surface area contributed by atoms with Crippen molar-refractivity contribution in [1.82, 2.24) is 15.5 Å².